The normalized spacial score (nSPS) is 19.2. The second-order valence-electron chi connectivity index (χ2n) is 5.52. The topological polar surface area (TPSA) is 65.8 Å². The lowest BCUT2D eigenvalue weighted by atomic mass is 10.1. The first kappa shape index (κ1) is 14.6. The van der Waals surface area contributed by atoms with E-state index in [9.17, 15) is 9.59 Å². The van der Waals surface area contributed by atoms with Crippen LogP contribution in [0.15, 0.2) is 18.3 Å². The van der Waals surface area contributed by atoms with Gasteiger partial charge in [0, 0.05) is 26.3 Å². The van der Waals surface area contributed by atoms with E-state index in [0.29, 0.717) is 18.2 Å². The van der Waals surface area contributed by atoms with E-state index in [4.69, 9.17) is 5.11 Å². The molecule has 0 spiro atoms. The van der Waals surface area contributed by atoms with Gasteiger partial charge in [-0.05, 0) is 38.1 Å². The Labute approximate surface area is 118 Å². The first-order valence-corrected chi connectivity index (χ1v) is 6.78. The van der Waals surface area contributed by atoms with E-state index in [1.165, 1.54) is 4.57 Å². The van der Waals surface area contributed by atoms with Crippen molar-refractivity contribution in [2.45, 2.75) is 13.0 Å². The minimum absolute atomic E-state index is 0.120. The summed E-state index contributed by atoms with van der Waals surface area (Å²) in [6.45, 7) is 2.60. The van der Waals surface area contributed by atoms with E-state index < -0.39 is 5.97 Å². The Morgan fingerprint density at radius 3 is 2.85 bits per heavy atom. The van der Waals surface area contributed by atoms with Gasteiger partial charge in [-0.3, -0.25) is 9.59 Å². The minimum Gasteiger partial charge on any atom is -0.480 e. The van der Waals surface area contributed by atoms with E-state index in [-0.39, 0.29) is 12.5 Å². The Balaban J connectivity index is 1.99. The molecule has 1 unspecified atom stereocenters. The number of carbonyl (C=O) groups is 2. The van der Waals surface area contributed by atoms with Gasteiger partial charge in [0.1, 0.15) is 12.2 Å². The molecule has 2 rings (SSSR count). The summed E-state index contributed by atoms with van der Waals surface area (Å²) in [6.07, 6.45) is 2.72. The standard InChI is InChI=1S/C14H21N3O3/c1-15-7-5-11(8-15)9-16(2)14(20)12-4-3-6-17(12)10-13(18)19/h3-4,6,11H,5,7-10H2,1-2H3,(H,18,19). The molecule has 0 aliphatic carbocycles. The van der Waals surface area contributed by atoms with Gasteiger partial charge in [0.15, 0.2) is 0 Å². The van der Waals surface area contributed by atoms with Crippen LogP contribution in [0.3, 0.4) is 0 Å². The molecule has 1 aromatic heterocycles. The van der Waals surface area contributed by atoms with Crippen molar-refractivity contribution in [2.75, 3.05) is 33.7 Å². The monoisotopic (exact) mass is 279 g/mol. The Hall–Kier alpha value is -1.82. The summed E-state index contributed by atoms with van der Waals surface area (Å²) in [5.74, 6) is -0.571. The molecular formula is C14H21N3O3. The summed E-state index contributed by atoms with van der Waals surface area (Å²) in [4.78, 5) is 27.1. The quantitative estimate of drug-likeness (QED) is 0.857. The van der Waals surface area contributed by atoms with Crippen LogP contribution in [0.1, 0.15) is 16.9 Å². The molecule has 0 radical (unpaired) electrons. The molecule has 0 saturated carbocycles. The third kappa shape index (κ3) is 3.39. The summed E-state index contributed by atoms with van der Waals surface area (Å²) < 4.78 is 1.47. The van der Waals surface area contributed by atoms with Gasteiger partial charge in [0.05, 0.1) is 0 Å². The third-order valence-corrected chi connectivity index (χ3v) is 3.72. The number of likely N-dealkylation sites (tertiary alicyclic amines) is 1. The van der Waals surface area contributed by atoms with Crippen molar-refractivity contribution in [3.05, 3.63) is 24.0 Å². The SMILES string of the molecule is CN1CCC(CN(C)C(=O)c2cccn2CC(=O)O)C1. The highest BCUT2D eigenvalue weighted by molar-refractivity contribution is 5.93. The number of nitrogens with zero attached hydrogens (tertiary/aromatic N) is 3. The summed E-state index contributed by atoms with van der Waals surface area (Å²) in [5, 5.41) is 8.84. The van der Waals surface area contributed by atoms with Crippen molar-refractivity contribution in [2.24, 2.45) is 5.92 Å². The highest BCUT2D eigenvalue weighted by atomic mass is 16.4. The zero-order chi connectivity index (χ0) is 14.7. The molecule has 20 heavy (non-hydrogen) atoms. The van der Waals surface area contributed by atoms with Gasteiger partial charge in [0.25, 0.3) is 5.91 Å². The second kappa shape index (κ2) is 6.09. The van der Waals surface area contributed by atoms with Gasteiger partial charge in [-0.2, -0.15) is 0 Å². The lowest BCUT2D eigenvalue weighted by Gasteiger charge is -2.21. The molecule has 1 aliphatic heterocycles. The van der Waals surface area contributed by atoms with Crippen LogP contribution in [-0.4, -0.2) is 65.1 Å². The molecule has 1 amide bonds. The molecule has 1 fully saturated rings. The molecule has 6 nitrogen and oxygen atoms in total. The second-order valence-corrected chi connectivity index (χ2v) is 5.52. The number of aliphatic carboxylic acids is 1. The van der Waals surface area contributed by atoms with Crippen molar-refractivity contribution in [3.8, 4) is 0 Å². The van der Waals surface area contributed by atoms with Crippen LogP contribution < -0.4 is 0 Å². The molecule has 0 aromatic carbocycles. The fraction of sp³-hybridized carbons (Fsp3) is 0.571. The molecule has 6 heteroatoms. The Morgan fingerprint density at radius 2 is 2.25 bits per heavy atom. The van der Waals surface area contributed by atoms with Crippen molar-refractivity contribution in [1.29, 1.82) is 0 Å². The highest BCUT2D eigenvalue weighted by Gasteiger charge is 2.24. The van der Waals surface area contributed by atoms with Crippen molar-refractivity contribution < 1.29 is 14.7 Å². The van der Waals surface area contributed by atoms with Crippen LogP contribution >= 0.6 is 0 Å². The van der Waals surface area contributed by atoms with E-state index >= 15 is 0 Å². The average Bonchev–Trinajstić information content (AvgIpc) is 2.97. The summed E-state index contributed by atoms with van der Waals surface area (Å²) in [7, 11) is 3.86. The number of carboxylic acids is 1. The predicted molar refractivity (Wildman–Crippen MR) is 74.6 cm³/mol. The van der Waals surface area contributed by atoms with E-state index in [0.717, 1.165) is 19.5 Å². The van der Waals surface area contributed by atoms with Crippen LogP contribution in [0.25, 0.3) is 0 Å². The van der Waals surface area contributed by atoms with E-state index in [1.54, 1.807) is 30.3 Å². The average molecular weight is 279 g/mol. The number of hydrogen-bond donors (Lipinski definition) is 1. The molecule has 2 heterocycles. The molecule has 0 bridgehead atoms. The summed E-state index contributed by atoms with van der Waals surface area (Å²) in [6, 6.07) is 3.37. The maximum Gasteiger partial charge on any atom is 0.323 e. The largest absolute Gasteiger partial charge is 0.480 e. The zero-order valence-electron chi connectivity index (χ0n) is 12.0. The first-order chi connectivity index (χ1) is 9.47. The number of rotatable bonds is 5. The molecule has 1 aliphatic rings. The summed E-state index contributed by atoms with van der Waals surface area (Å²) in [5.41, 5.74) is 0.432. The van der Waals surface area contributed by atoms with Crippen molar-refractivity contribution in [3.63, 3.8) is 0 Å². The maximum absolute atomic E-state index is 12.4. The zero-order valence-corrected chi connectivity index (χ0v) is 12.0. The Bertz CT molecular complexity index is 498. The number of carboxylic acid groups (broad SMARTS) is 1. The lowest BCUT2D eigenvalue weighted by molar-refractivity contribution is -0.137. The van der Waals surface area contributed by atoms with E-state index in [2.05, 4.69) is 11.9 Å². The fourth-order valence-electron chi connectivity index (χ4n) is 2.73. The lowest BCUT2D eigenvalue weighted by Crippen LogP contribution is -2.34. The maximum atomic E-state index is 12.4. The van der Waals surface area contributed by atoms with Crippen LogP contribution in [0, 0.1) is 5.92 Å². The predicted octanol–water partition coefficient (Wildman–Crippen LogP) is 0.596. The minimum atomic E-state index is -0.949. The van der Waals surface area contributed by atoms with Gasteiger partial charge in [-0.1, -0.05) is 0 Å². The molecule has 1 saturated heterocycles. The van der Waals surface area contributed by atoms with E-state index in [1.807, 2.05) is 0 Å². The van der Waals surface area contributed by atoms with Crippen LogP contribution in [0.2, 0.25) is 0 Å². The summed E-state index contributed by atoms with van der Waals surface area (Å²) >= 11 is 0. The van der Waals surface area contributed by atoms with Gasteiger partial charge in [-0.15, -0.1) is 0 Å². The van der Waals surface area contributed by atoms with Crippen LogP contribution in [-0.2, 0) is 11.3 Å². The Morgan fingerprint density at radius 1 is 1.50 bits per heavy atom. The highest BCUT2D eigenvalue weighted by Crippen LogP contribution is 2.16. The number of carbonyl (C=O) groups excluding carboxylic acids is 1. The van der Waals surface area contributed by atoms with Crippen LogP contribution in [0.5, 0.6) is 0 Å². The van der Waals surface area contributed by atoms with Crippen LogP contribution in [0.4, 0.5) is 0 Å². The molecule has 1 atom stereocenters. The fourth-order valence-corrected chi connectivity index (χ4v) is 2.73. The van der Waals surface area contributed by atoms with Crippen molar-refractivity contribution >= 4 is 11.9 Å². The van der Waals surface area contributed by atoms with Crippen molar-refractivity contribution in [1.82, 2.24) is 14.4 Å². The van der Waals surface area contributed by atoms with Gasteiger partial charge in [-0.25, -0.2) is 0 Å². The third-order valence-electron chi connectivity index (χ3n) is 3.72. The molecule has 1 N–H and O–H groups in total. The Kier molecular flexibility index (Phi) is 4.44. The van der Waals surface area contributed by atoms with Gasteiger partial charge in [0.2, 0.25) is 0 Å². The molecular weight excluding hydrogens is 258 g/mol. The molecule has 110 valence electrons. The smallest absolute Gasteiger partial charge is 0.323 e. The number of hydrogen-bond acceptors (Lipinski definition) is 3. The first-order valence-electron chi connectivity index (χ1n) is 6.78. The number of amides is 1. The van der Waals surface area contributed by atoms with Gasteiger partial charge >= 0.3 is 5.97 Å². The number of aromatic nitrogens is 1. The molecule has 1 aromatic rings. The van der Waals surface area contributed by atoms with Gasteiger partial charge < -0.3 is 19.5 Å².